The highest BCUT2D eigenvalue weighted by Crippen LogP contribution is 2.40. The Labute approximate surface area is 151 Å². The van der Waals surface area contributed by atoms with Crippen molar-refractivity contribution in [3.05, 3.63) is 35.9 Å². The minimum atomic E-state index is -1.96. The molecule has 1 fully saturated rings. The van der Waals surface area contributed by atoms with Crippen molar-refractivity contribution in [2.45, 2.75) is 71.0 Å². The number of imide groups is 1. The second kappa shape index (κ2) is 8.14. The van der Waals surface area contributed by atoms with Crippen LogP contribution in [-0.4, -0.2) is 37.4 Å². The number of hydrogen-bond donors (Lipinski definition) is 0. The molecule has 0 bridgehead atoms. The van der Waals surface area contributed by atoms with E-state index in [4.69, 9.17) is 9.16 Å². The molecule has 1 saturated heterocycles. The summed E-state index contributed by atoms with van der Waals surface area (Å²) in [5.74, 6) is -0.285. The molecule has 25 heavy (non-hydrogen) atoms. The van der Waals surface area contributed by atoms with E-state index in [1.54, 1.807) is 13.8 Å². The maximum absolute atomic E-state index is 12.7. The lowest BCUT2D eigenvalue weighted by molar-refractivity contribution is -0.161. The first-order valence-corrected chi connectivity index (χ1v) is 11.7. The van der Waals surface area contributed by atoms with Gasteiger partial charge in [0.2, 0.25) is 0 Å². The summed E-state index contributed by atoms with van der Waals surface area (Å²) in [6.07, 6.45) is -1.45. The summed E-state index contributed by atoms with van der Waals surface area (Å²) in [6, 6.07) is 12.1. The van der Waals surface area contributed by atoms with Gasteiger partial charge in [-0.15, -0.1) is 0 Å². The van der Waals surface area contributed by atoms with Gasteiger partial charge in [-0.3, -0.25) is 4.79 Å². The molecule has 0 N–H and O–H groups in total. The van der Waals surface area contributed by atoms with Gasteiger partial charge >= 0.3 is 6.09 Å². The van der Waals surface area contributed by atoms with Crippen LogP contribution < -0.4 is 0 Å². The fraction of sp³-hybridized carbons (Fsp3) is 0.579. The summed E-state index contributed by atoms with van der Waals surface area (Å²) < 4.78 is 11.7. The molecule has 1 aromatic carbocycles. The number of rotatable bonds is 7. The largest absolute Gasteiger partial charge is 0.446 e. The lowest BCUT2D eigenvalue weighted by Gasteiger charge is -2.48. The Bertz CT molecular complexity index is 592. The van der Waals surface area contributed by atoms with Gasteiger partial charge in [0, 0.05) is 0 Å². The molecule has 1 heterocycles. The van der Waals surface area contributed by atoms with Crippen molar-refractivity contribution in [3.63, 3.8) is 0 Å². The molecule has 0 aliphatic carbocycles. The molecule has 5 nitrogen and oxygen atoms in total. The Hall–Kier alpha value is -1.66. The number of likely N-dealkylation sites (tertiary alicyclic amines) is 1. The number of carbonyl (C=O) groups is 2. The monoisotopic (exact) mass is 363 g/mol. The van der Waals surface area contributed by atoms with Crippen LogP contribution in [0.4, 0.5) is 4.79 Å². The Kier molecular flexibility index (Phi) is 6.40. The standard InChI is InChI=1S/C19H29NO4Si/c1-6-25(7-2,8-3)24-17-16(15-12-10-9-11-13-15)20(18(17)21)19(22)23-14(4)5/h9-14,16-17H,6-8H2,1-5H3/t16-,17+/m0/s1. The maximum atomic E-state index is 12.7. The van der Waals surface area contributed by atoms with Crippen LogP contribution in [0.15, 0.2) is 30.3 Å². The number of hydrogen-bond acceptors (Lipinski definition) is 4. The van der Waals surface area contributed by atoms with Gasteiger partial charge in [0.25, 0.3) is 5.91 Å². The van der Waals surface area contributed by atoms with Crippen LogP contribution in [0.1, 0.15) is 46.2 Å². The van der Waals surface area contributed by atoms with E-state index in [-0.39, 0.29) is 12.0 Å². The van der Waals surface area contributed by atoms with Crippen LogP contribution in [0.2, 0.25) is 18.1 Å². The van der Waals surface area contributed by atoms with Gasteiger partial charge in [-0.25, -0.2) is 9.69 Å². The lowest BCUT2D eigenvalue weighted by Crippen LogP contribution is -2.64. The zero-order valence-electron chi connectivity index (χ0n) is 15.8. The van der Waals surface area contributed by atoms with Crippen LogP contribution >= 0.6 is 0 Å². The first-order chi connectivity index (χ1) is 11.9. The summed E-state index contributed by atoms with van der Waals surface area (Å²) >= 11 is 0. The van der Waals surface area contributed by atoms with Crippen LogP contribution in [0, 0.1) is 0 Å². The van der Waals surface area contributed by atoms with Gasteiger partial charge in [0.1, 0.15) is 6.04 Å². The van der Waals surface area contributed by atoms with E-state index in [0.717, 1.165) is 23.7 Å². The molecule has 1 aromatic rings. The molecule has 1 aliphatic rings. The quantitative estimate of drug-likeness (QED) is 0.528. The van der Waals surface area contributed by atoms with Crippen molar-refractivity contribution in [1.82, 2.24) is 4.90 Å². The van der Waals surface area contributed by atoms with Gasteiger partial charge < -0.3 is 9.16 Å². The predicted octanol–water partition coefficient (Wildman–Crippen LogP) is 4.51. The molecule has 0 saturated carbocycles. The van der Waals surface area contributed by atoms with Crippen molar-refractivity contribution < 1.29 is 18.8 Å². The SMILES string of the molecule is CC[Si](CC)(CC)O[C@H]1C(=O)N(C(=O)OC(C)C)[C@H]1c1ccccc1. The normalized spacial score (nSPS) is 20.6. The Morgan fingerprint density at radius 1 is 1.12 bits per heavy atom. The molecular weight excluding hydrogens is 334 g/mol. The smallest absolute Gasteiger partial charge is 0.417 e. The van der Waals surface area contributed by atoms with Gasteiger partial charge in [-0.1, -0.05) is 51.1 Å². The molecule has 2 amide bonds. The zero-order chi connectivity index (χ0) is 18.6. The van der Waals surface area contributed by atoms with E-state index in [0.29, 0.717) is 0 Å². The molecule has 2 atom stereocenters. The maximum Gasteiger partial charge on any atom is 0.417 e. The predicted molar refractivity (Wildman–Crippen MR) is 99.7 cm³/mol. The molecule has 138 valence electrons. The van der Waals surface area contributed by atoms with E-state index in [1.807, 2.05) is 30.3 Å². The number of ether oxygens (including phenoxy) is 1. The number of nitrogens with zero attached hydrogens (tertiary/aromatic N) is 1. The minimum absolute atomic E-state index is 0.271. The van der Waals surface area contributed by atoms with Gasteiger partial charge in [-0.2, -0.15) is 0 Å². The second-order valence-corrected chi connectivity index (χ2v) is 11.5. The minimum Gasteiger partial charge on any atom is -0.446 e. The van der Waals surface area contributed by atoms with Crippen molar-refractivity contribution in [1.29, 1.82) is 0 Å². The Morgan fingerprint density at radius 2 is 1.68 bits per heavy atom. The van der Waals surface area contributed by atoms with E-state index in [2.05, 4.69) is 20.8 Å². The third-order valence-electron chi connectivity index (χ3n) is 5.03. The first kappa shape index (κ1) is 19.7. The van der Waals surface area contributed by atoms with Gasteiger partial charge in [0.15, 0.2) is 14.4 Å². The number of β-lactam (4-membered cyclic amide) rings is 1. The van der Waals surface area contributed by atoms with Crippen LogP contribution in [0.5, 0.6) is 0 Å². The summed E-state index contributed by atoms with van der Waals surface area (Å²) in [6.45, 7) is 9.94. The van der Waals surface area contributed by atoms with Gasteiger partial charge in [0.05, 0.1) is 6.10 Å². The summed E-state index contributed by atoms with van der Waals surface area (Å²) in [7, 11) is -1.96. The molecular formula is C19H29NO4Si. The lowest BCUT2D eigenvalue weighted by atomic mass is 9.91. The Balaban J connectivity index is 2.30. The fourth-order valence-electron chi connectivity index (χ4n) is 3.28. The zero-order valence-corrected chi connectivity index (χ0v) is 16.8. The highest BCUT2D eigenvalue weighted by molar-refractivity contribution is 6.73. The second-order valence-electron chi connectivity index (χ2n) is 6.78. The highest BCUT2D eigenvalue weighted by Gasteiger charge is 2.55. The number of carbonyl (C=O) groups excluding carboxylic acids is 2. The Morgan fingerprint density at radius 3 is 2.16 bits per heavy atom. The molecule has 1 aliphatic heterocycles. The molecule has 2 rings (SSSR count). The van der Waals surface area contributed by atoms with E-state index < -0.39 is 26.6 Å². The van der Waals surface area contributed by atoms with E-state index in [1.165, 1.54) is 4.90 Å². The average molecular weight is 364 g/mol. The summed E-state index contributed by atoms with van der Waals surface area (Å²) in [5, 5.41) is 0. The van der Waals surface area contributed by atoms with Crippen molar-refractivity contribution in [2.24, 2.45) is 0 Å². The van der Waals surface area contributed by atoms with Crippen molar-refractivity contribution in [2.75, 3.05) is 0 Å². The number of amides is 2. The molecule has 0 unspecified atom stereocenters. The van der Waals surface area contributed by atoms with Crippen molar-refractivity contribution in [3.8, 4) is 0 Å². The van der Waals surface area contributed by atoms with Crippen LogP contribution in [-0.2, 0) is 14.0 Å². The summed E-state index contributed by atoms with van der Waals surface area (Å²) in [5.41, 5.74) is 0.902. The van der Waals surface area contributed by atoms with E-state index >= 15 is 0 Å². The van der Waals surface area contributed by atoms with Crippen molar-refractivity contribution >= 4 is 20.3 Å². The summed E-state index contributed by atoms with van der Waals surface area (Å²) in [4.78, 5) is 26.3. The molecule has 0 aromatic heterocycles. The van der Waals surface area contributed by atoms with E-state index in [9.17, 15) is 9.59 Å². The molecule has 6 heteroatoms. The average Bonchev–Trinajstić information content (AvgIpc) is 2.61. The topological polar surface area (TPSA) is 55.8 Å². The van der Waals surface area contributed by atoms with Crippen LogP contribution in [0.3, 0.4) is 0 Å². The highest BCUT2D eigenvalue weighted by atomic mass is 28.4. The third-order valence-corrected chi connectivity index (χ3v) is 9.65. The molecule has 0 spiro atoms. The first-order valence-electron chi connectivity index (χ1n) is 9.15. The van der Waals surface area contributed by atoms with Gasteiger partial charge in [-0.05, 0) is 37.5 Å². The number of benzene rings is 1. The fourth-order valence-corrected chi connectivity index (χ4v) is 6.05. The molecule has 0 radical (unpaired) electrons. The third kappa shape index (κ3) is 3.95. The van der Waals surface area contributed by atoms with Crippen LogP contribution in [0.25, 0.3) is 0 Å².